The number of nitrogens with one attached hydrogen (secondary N) is 2. The minimum absolute atomic E-state index is 0.117. The normalized spacial score (nSPS) is 31.9. The molecule has 0 aromatic carbocycles. The van der Waals surface area contributed by atoms with Crippen LogP contribution in [0.1, 0.15) is 52.9 Å². The minimum atomic E-state index is -0.126. The molecule has 4 nitrogen and oxygen atoms in total. The fraction of sp³-hybridized carbons (Fsp3) is 0.929. The highest BCUT2D eigenvalue weighted by molar-refractivity contribution is 5.81. The van der Waals surface area contributed by atoms with Crippen molar-refractivity contribution in [3.63, 3.8) is 0 Å². The van der Waals surface area contributed by atoms with Gasteiger partial charge in [-0.05, 0) is 39.0 Å². The first-order valence-corrected chi connectivity index (χ1v) is 7.35. The number of fused-ring (bicyclic) bond motifs is 2. The largest absolute Gasteiger partial charge is 0.373 e. The Hall–Kier alpha value is -0.610. The first-order valence-electron chi connectivity index (χ1n) is 7.35. The second-order valence-electron chi connectivity index (χ2n) is 5.63. The van der Waals surface area contributed by atoms with Gasteiger partial charge in [-0.2, -0.15) is 0 Å². The van der Waals surface area contributed by atoms with Crippen LogP contribution in [0.4, 0.5) is 0 Å². The van der Waals surface area contributed by atoms with Crippen LogP contribution in [0.15, 0.2) is 0 Å². The summed E-state index contributed by atoms with van der Waals surface area (Å²) in [6.07, 6.45) is 6.15. The third-order valence-corrected chi connectivity index (χ3v) is 4.30. The Kier molecular flexibility index (Phi) is 4.62. The SMILES string of the molecule is CCC(CC)NC(=O)C(C)NC1CC2CCC1O2. The van der Waals surface area contributed by atoms with E-state index in [1.807, 2.05) is 6.92 Å². The van der Waals surface area contributed by atoms with E-state index >= 15 is 0 Å². The summed E-state index contributed by atoms with van der Waals surface area (Å²) in [6, 6.07) is 0.544. The molecule has 4 heteroatoms. The number of amides is 1. The zero-order valence-corrected chi connectivity index (χ0v) is 11.7. The summed E-state index contributed by atoms with van der Waals surface area (Å²) >= 11 is 0. The van der Waals surface area contributed by atoms with Gasteiger partial charge in [0.25, 0.3) is 0 Å². The number of hydrogen-bond acceptors (Lipinski definition) is 3. The van der Waals surface area contributed by atoms with Crippen LogP contribution < -0.4 is 10.6 Å². The van der Waals surface area contributed by atoms with Crippen LogP contribution in [0.5, 0.6) is 0 Å². The van der Waals surface area contributed by atoms with Crippen molar-refractivity contribution in [1.82, 2.24) is 10.6 Å². The summed E-state index contributed by atoms with van der Waals surface area (Å²) in [5.41, 5.74) is 0. The van der Waals surface area contributed by atoms with Crippen LogP contribution in [-0.4, -0.2) is 36.2 Å². The van der Waals surface area contributed by atoms with Crippen molar-refractivity contribution in [1.29, 1.82) is 0 Å². The molecular weight excluding hydrogens is 228 g/mol. The van der Waals surface area contributed by atoms with Crippen molar-refractivity contribution in [3.05, 3.63) is 0 Å². The molecule has 2 aliphatic heterocycles. The van der Waals surface area contributed by atoms with Gasteiger partial charge in [-0.25, -0.2) is 0 Å². The van der Waals surface area contributed by atoms with Crippen molar-refractivity contribution >= 4 is 5.91 Å². The zero-order valence-electron chi connectivity index (χ0n) is 11.7. The molecule has 0 aliphatic carbocycles. The monoisotopic (exact) mass is 254 g/mol. The minimum Gasteiger partial charge on any atom is -0.373 e. The fourth-order valence-electron chi connectivity index (χ4n) is 3.03. The summed E-state index contributed by atoms with van der Waals surface area (Å²) < 4.78 is 5.79. The van der Waals surface area contributed by atoms with Gasteiger partial charge in [0.05, 0.1) is 18.2 Å². The Morgan fingerprint density at radius 2 is 2.06 bits per heavy atom. The van der Waals surface area contributed by atoms with Gasteiger partial charge in [0.15, 0.2) is 0 Å². The summed E-state index contributed by atoms with van der Waals surface area (Å²) in [5.74, 6) is 0.117. The van der Waals surface area contributed by atoms with Crippen molar-refractivity contribution in [3.8, 4) is 0 Å². The smallest absolute Gasteiger partial charge is 0.237 e. The molecule has 2 aliphatic rings. The topological polar surface area (TPSA) is 50.4 Å². The van der Waals surface area contributed by atoms with Crippen molar-refractivity contribution in [2.45, 2.75) is 83.2 Å². The highest BCUT2D eigenvalue weighted by atomic mass is 16.5. The molecule has 0 spiro atoms. The lowest BCUT2D eigenvalue weighted by molar-refractivity contribution is -0.123. The maximum Gasteiger partial charge on any atom is 0.237 e. The molecule has 0 aromatic heterocycles. The summed E-state index contributed by atoms with van der Waals surface area (Å²) in [6.45, 7) is 6.16. The molecular formula is C14H26N2O2. The molecule has 0 aromatic rings. The first kappa shape index (κ1) is 13.8. The molecule has 2 heterocycles. The van der Waals surface area contributed by atoms with E-state index in [0.717, 1.165) is 25.7 Å². The second kappa shape index (κ2) is 6.02. The third-order valence-electron chi connectivity index (χ3n) is 4.30. The lowest BCUT2D eigenvalue weighted by Crippen LogP contribution is -2.51. The maximum absolute atomic E-state index is 12.1. The summed E-state index contributed by atoms with van der Waals surface area (Å²) in [7, 11) is 0. The molecule has 4 atom stereocenters. The molecule has 0 radical (unpaired) electrons. The molecule has 2 bridgehead atoms. The number of hydrogen-bond donors (Lipinski definition) is 2. The maximum atomic E-state index is 12.1. The van der Waals surface area contributed by atoms with Crippen molar-refractivity contribution < 1.29 is 9.53 Å². The van der Waals surface area contributed by atoms with E-state index in [0.29, 0.717) is 24.3 Å². The Morgan fingerprint density at radius 1 is 1.33 bits per heavy atom. The molecule has 4 unspecified atom stereocenters. The van der Waals surface area contributed by atoms with Crippen LogP contribution in [0.2, 0.25) is 0 Å². The van der Waals surface area contributed by atoms with Crippen LogP contribution in [0.25, 0.3) is 0 Å². The standard InChI is InChI=1S/C14H26N2O2/c1-4-10(5-2)16-14(17)9(3)15-12-8-11-6-7-13(12)18-11/h9-13,15H,4-8H2,1-3H3,(H,16,17). The van der Waals surface area contributed by atoms with Crippen LogP contribution in [0.3, 0.4) is 0 Å². The van der Waals surface area contributed by atoms with Gasteiger partial charge in [-0.3, -0.25) is 4.79 Å². The molecule has 0 saturated carbocycles. The van der Waals surface area contributed by atoms with E-state index in [1.165, 1.54) is 6.42 Å². The molecule has 104 valence electrons. The molecule has 2 rings (SSSR count). The van der Waals surface area contributed by atoms with Crippen LogP contribution >= 0.6 is 0 Å². The second-order valence-corrected chi connectivity index (χ2v) is 5.63. The van der Waals surface area contributed by atoms with Gasteiger partial charge in [0.2, 0.25) is 5.91 Å². The molecule has 18 heavy (non-hydrogen) atoms. The fourth-order valence-corrected chi connectivity index (χ4v) is 3.03. The van der Waals surface area contributed by atoms with Crippen molar-refractivity contribution in [2.24, 2.45) is 0 Å². The summed E-state index contributed by atoms with van der Waals surface area (Å²) in [5, 5.41) is 6.52. The molecule has 2 saturated heterocycles. The van der Waals surface area contributed by atoms with E-state index in [9.17, 15) is 4.79 Å². The van der Waals surface area contributed by atoms with E-state index in [-0.39, 0.29) is 11.9 Å². The van der Waals surface area contributed by atoms with Crippen LogP contribution in [0, 0.1) is 0 Å². The van der Waals surface area contributed by atoms with Gasteiger partial charge in [0, 0.05) is 12.1 Å². The first-order chi connectivity index (χ1) is 8.63. The van der Waals surface area contributed by atoms with Gasteiger partial charge in [0.1, 0.15) is 0 Å². The Labute approximate surface area is 110 Å². The van der Waals surface area contributed by atoms with E-state index in [2.05, 4.69) is 24.5 Å². The Balaban J connectivity index is 1.77. The highest BCUT2D eigenvalue weighted by Gasteiger charge is 2.41. The van der Waals surface area contributed by atoms with E-state index in [1.54, 1.807) is 0 Å². The lowest BCUT2D eigenvalue weighted by atomic mass is 9.95. The summed E-state index contributed by atoms with van der Waals surface area (Å²) in [4.78, 5) is 12.1. The van der Waals surface area contributed by atoms with Gasteiger partial charge in [-0.1, -0.05) is 13.8 Å². The number of rotatable bonds is 6. The predicted molar refractivity (Wildman–Crippen MR) is 71.4 cm³/mol. The number of carbonyl (C=O) groups excluding carboxylic acids is 1. The van der Waals surface area contributed by atoms with Gasteiger partial charge >= 0.3 is 0 Å². The molecule has 2 N–H and O–H groups in total. The predicted octanol–water partition coefficient (Wildman–Crippen LogP) is 1.59. The third kappa shape index (κ3) is 3.04. The van der Waals surface area contributed by atoms with Crippen molar-refractivity contribution in [2.75, 3.05) is 0 Å². The van der Waals surface area contributed by atoms with Gasteiger partial charge < -0.3 is 15.4 Å². The van der Waals surface area contributed by atoms with Crippen LogP contribution in [-0.2, 0) is 9.53 Å². The van der Waals surface area contributed by atoms with E-state index in [4.69, 9.17) is 4.74 Å². The average Bonchev–Trinajstić information content (AvgIpc) is 2.97. The highest BCUT2D eigenvalue weighted by Crippen LogP contribution is 2.34. The lowest BCUT2D eigenvalue weighted by Gasteiger charge is -2.25. The zero-order chi connectivity index (χ0) is 13.1. The average molecular weight is 254 g/mol. The molecule has 2 fully saturated rings. The van der Waals surface area contributed by atoms with E-state index < -0.39 is 0 Å². The van der Waals surface area contributed by atoms with Gasteiger partial charge in [-0.15, -0.1) is 0 Å². The quantitative estimate of drug-likeness (QED) is 0.757. The Bertz CT molecular complexity index is 292. The Morgan fingerprint density at radius 3 is 2.56 bits per heavy atom. The number of carbonyl (C=O) groups is 1. The molecule has 1 amide bonds. The number of ether oxygens (including phenoxy) is 1.